The minimum atomic E-state index is -0.464. The van der Waals surface area contributed by atoms with E-state index in [1.807, 2.05) is 20.8 Å². The van der Waals surface area contributed by atoms with Crippen LogP contribution < -0.4 is 0 Å². The van der Waals surface area contributed by atoms with Crippen molar-refractivity contribution in [1.29, 1.82) is 0 Å². The quantitative estimate of drug-likeness (QED) is 0.634. The number of hydrogen-bond donors (Lipinski definition) is 0. The number of amides is 1. The molecular weight excluding hydrogens is 262 g/mol. The lowest BCUT2D eigenvalue weighted by Crippen LogP contribution is -2.35. The van der Waals surface area contributed by atoms with Crippen LogP contribution in [0.25, 0.3) is 0 Å². The minimum absolute atomic E-state index is 0.293. The molecule has 0 heterocycles. The van der Waals surface area contributed by atoms with E-state index in [1.54, 1.807) is 24.1 Å². The summed E-state index contributed by atoms with van der Waals surface area (Å²) >= 11 is 0. The molecule has 0 N–H and O–H groups in total. The van der Waals surface area contributed by atoms with E-state index in [-0.39, 0.29) is 6.09 Å². The molecule has 0 bridgehead atoms. The molecule has 3 heteroatoms. The highest BCUT2D eigenvalue weighted by Crippen LogP contribution is 2.16. The van der Waals surface area contributed by atoms with Crippen molar-refractivity contribution in [3.8, 4) is 0 Å². The van der Waals surface area contributed by atoms with Crippen LogP contribution in [-0.4, -0.2) is 30.2 Å². The Hall–Kier alpha value is -1.77. The van der Waals surface area contributed by atoms with Crippen LogP contribution in [0.15, 0.2) is 49.1 Å². The smallest absolute Gasteiger partial charge is 0.410 e. The van der Waals surface area contributed by atoms with Gasteiger partial charge in [0.05, 0.1) is 0 Å². The predicted octanol–water partition coefficient (Wildman–Crippen LogP) is 4.73. The van der Waals surface area contributed by atoms with Crippen LogP contribution in [0.3, 0.4) is 0 Å². The molecule has 0 aliphatic carbocycles. The molecule has 1 unspecified atom stereocenters. The monoisotopic (exact) mass is 291 g/mol. The molecule has 0 saturated carbocycles. The largest absolute Gasteiger partial charge is 0.444 e. The van der Waals surface area contributed by atoms with Crippen molar-refractivity contribution in [3.63, 3.8) is 0 Å². The number of allylic oxidation sites excluding steroid dienone is 5. The third-order valence-corrected chi connectivity index (χ3v) is 2.93. The lowest BCUT2D eigenvalue weighted by atomic mass is 9.99. The normalized spacial score (nSPS) is 13.3. The Kier molecular flexibility index (Phi) is 7.79. The van der Waals surface area contributed by atoms with Crippen LogP contribution in [0.2, 0.25) is 0 Å². The molecule has 1 amide bonds. The maximum atomic E-state index is 11.8. The van der Waals surface area contributed by atoms with E-state index in [0.29, 0.717) is 12.5 Å². The Bertz CT molecular complexity index is 427. The van der Waals surface area contributed by atoms with Crippen LogP contribution in [0.1, 0.15) is 34.1 Å². The van der Waals surface area contributed by atoms with Gasteiger partial charge in [0.15, 0.2) is 0 Å². The Morgan fingerprint density at radius 1 is 1.29 bits per heavy atom. The van der Waals surface area contributed by atoms with Gasteiger partial charge >= 0.3 is 6.09 Å². The Morgan fingerprint density at radius 3 is 2.29 bits per heavy atom. The fourth-order valence-electron chi connectivity index (χ4n) is 1.64. The third kappa shape index (κ3) is 8.18. The van der Waals surface area contributed by atoms with Gasteiger partial charge < -0.3 is 9.64 Å². The molecule has 118 valence electrons. The fourth-order valence-corrected chi connectivity index (χ4v) is 1.64. The Balaban J connectivity index is 4.48. The molecule has 0 aromatic heterocycles. The zero-order valence-electron chi connectivity index (χ0n) is 14.1. The van der Waals surface area contributed by atoms with E-state index in [4.69, 9.17) is 4.74 Å². The average Bonchev–Trinajstić information content (AvgIpc) is 2.39. The van der Waals surface area contributed by atoms with E-state index in [2.05, 4.69) is 32.7 Å². The second-order valence-electron chi connectivity index (χ2n) is 6.22. The first-order valence-electron chi connectivity index (χ1n) is 7.20. The van der Waals surface area contributed by atoms with E-state index >= 15 is 0 Å². The highest BCUT2D eigenvalue weighted by Gasteiger charge is 2.19. The van der Waals surface area contributed by atoms with Gasteiger partial charge in [-0.1, -0.05) is 44.9 Å². The minimum Gasteiger partial charge on any atom is -0.444 e. The maximum Gasteiger partial charge on any atom is 0.410 e. The Morgan fingerprint density at radius 2 is 1.86 bits per heavy atom. The maximum absolute atomic E-state index is 11.8. The number of ether oxygens (including phenoxy) is 1. The van der Waals surface area contributed by atoms with E-state index in [0.717, 1.165) is 17.6 Å². The van der Waals surface area contributed by atoms with E-state index in [1.165, 1.54) is 0 Å². The Labute approximate surface area is 129 Å². The summed E-state index contributed by atoms with van der Waals surface area (Å²) in [7, 11) is 1.75. The van der Waals surface area contributed by atoms with Crippen molar-refractivity contribution in [2.45, 2.75) is 39.7 Å². The second kappa shape index (κ2) is 8.50. The van der Waals surface area contributed by atoms with Gasteiger partial charge in [0, 0.05) is 13.6 Å². The van der Waals surface area contributed by atoms with Crippen LogP contribution in [-0.2, 0) is 4.74 Å². The average molecular weight is 291 g/mol. The third-order valence-electron chi connectivity index (χ3n) is 2.93. The van der Waals surface area contributed by atoms with Gasteiger partial charge in [-0.05, 0) is 44.3 Å². The van der Waals surface area contributed by atoms with Crippen molar-refractivity contribution in [3.05, 3.63) is 49.1 Å². The summed E-state index contributed by atoms with van der Waals surface area (Å²) in [4.78, 5) is 13.5. The van der Waals surface area contributed by atoms with Crippen molar-refractivity contribution in [1.82, 2.24) is 4.90 Å². The molecule has 0 aliphatic rings. The molecule has 0 saturated heterocycles. The molecule has 0 aromatic rings. The molecule has 1 atom stereocenters. The summed E-state index contributed by atoms with van der Waals surface area (Å²) in [5.74, 6) is 0.305. The van der Waals surface area contributed by atoms with Gasteiger partial charge in [-0.2, -0.15) is 0 Å². The predicted molar refractivity (Wildman–Crippen MR) is 90.3 cm³/mol. The highest BCUT2D eigenvalue weighted by atomic mass is 16.6. The summed E-state index contributed by atoms with van der Waals surface area (Å²) in [5, 5.41) is 0. The van der Waals surface area contributed by atoms with Gasteiger partial charge in [0.25, 0.3) is 0 Å². The molecule has 0 spiro atoms. The van der Waals surface area contributed by atoms with Gasteiger partial charge in [-0.25, -0.2) is 4.79 Å². The lowest BCUT2D eigenvalue weighted by Gasteiger charge is -2.25. The first kappa shape index (κ1) is 19.2. The topological polar surface area (TPSA) is 29.5 Å². The molecule has 0 fully saturated rings. The molecule has 0 aromatic carbocycles. The SMILES string of the molecule is C=CC(=C)/C(C=C)=C\C(C)CCN(C)C(=O)OC(C)(C)C. The summed E-state index contributed by atoms with van der Waals surface area (Å²) in [5.41, 5.74) is 1.38. The highest BCUT2D eigenvalue weighted by molar-refractivity contribution is 5.67. The number of carbonyl (C=O) groups excluding carboxylic acids is 1. The second-order valence-corrected chi connectivity index (χ2v) is 6.22. The molecule has 3 nitrogen and oxygen atoms in total. The molecule has 21 heavy (non-hydrogen) atoms. The number of nitrogens with zero attached hydrogens (tertiary/aromatic N) is 1. The van der Waals surface area contributed by atoms with Gasteiger partial charge in [0.2, 0.25) is 0 Å². The first-order chi connectivity index (χ1) is 9.60. The summed E-state index contributed by atoms with van der Waals surface area (Å²) in [6.45, 7) is 19.7. The zero-order chi connectivity index (χ0) is 16.6. The number of rotatable bonds is 7. The van der Waals surface area contributed by atoms with E-state index < -0.39 is 5.60 Å². The van der Waals surface area contributed by atoms with E-state index in [9.17, 15) is 4.79 Å². The fraction of sp³-hybridized carbons (Fsp3) is 0.500. The van der Waals surface area contributed by atoms with Crippen LogP contribution in [0.4, 0.5) is 4.79 Å². The molecular formula is C18H29NO2. The van der Waals surface area contributed by atoms with Crippen LogP contribution >= 0.6 is 0 Å². The standard InChI is InChI=1S/C18H29NO2/c1-9-15(4)16(10-2)13-14(3)11-12-19(8)17(20)21-18(5,6)7/h9-10,13-14H,1-2,4,11-12H2,3,5-8H3/b16-13-. The lowest BCUT2D eigenvalue weighted by molar-refractivity contribution is 0.0293. The zero-order valence-corrected chi connectivity index (χ0v) is 14.1. The molecule has 0 radical (unpaired) electrons. The van der Waals surface area contributed by atoms with Crippen LogP contribution in [0.5, 0.6) is 0 Å². The number of hydrogen-bond acceptors (Lipinski definition) is 2. The number of carbonyl (C=O) groups is 1. The molecule has 0 aliphatic heterocycles. The van der Waals surface area contributed by atoms with Crippen molar-refractivity contribution >= 4 is 6.09 Å². The van der Waals surface area contributed by atoms with Crippen molar-refractivity contribution in [2.75, 3.05) is 13.6 Å². The molecule has 0 rings (SSSR count). The van der Waals surface area contributed by atoms with Crippen molar-refractivity contribution in [2.24, 2.45) is 5.92 Å². The summed E-state index contributed by atoms with van der Waals surface area (Å²) < 4.78 is 5.32. The first-order valence-corrected chi connectivity index (χ1v) is 7.20. The van der Waals surface area contributed by atoms with Gasteiger partial charge in [-0.3, -0.25) is 0 Å². The van der Waals surface area contributed by atoms with Gasteiger partial charge in [0.1, 0.15) is 5.60 Å². The van der Waals surface area contributed by atoms with Gasteiger partial charge in [-0.15, -0.1) is 0 Å². The van der Waals surface area contributed by atoms with Crippen LogP contribution in [0, 0.1) is 5.92 Å². The summed E-state index contributed by atoms with van der Waals surface area (Å²) in [6.07, 6.45) is 6.14. The van der Waals surface area contributed by atoms with Crippen molar-refractivity contribution < 1.29 is 9.53 Å². The summed E-state index contributed by atoms with van der Waals surface area (Å²) in [6, 6.07) is 0.